The van der Waals surface area contributed by atoms with Crippen LogP contribution in [0.25, 0.3) is 11.0 Å². The van der Waals surface area contributed by atoms with E-state index < -0.39 is 0 Å². The largest absolute Gasteiger partial charge is 0.349 e. The second-order valence-electron chi connectivity index (χ2n) is 6.65. The number of nitrogens with one attached hydrogen (secondary N) is 1. The third-order valence-corrected chi connectivity index (χ3v) is 5.51. The fourth-order valence-corrected chi connectivity index (χ4v) is 3.86. The predicted molar refractivity (Wildman–Crippen MR) is 109 cm³/mol. The highest BCUT2D eigenvalue weighted by molar-refractivity contribution is 7.08. The summed E-state index contributed by atoms with van der Waals surface area (Å²) in [4.78, 5) is 37.5. The summed E-state index contributed by atoms with van der Waals surface area (Å²) >= 11 is 1.54. The molecule has 0 bridgehead atoms. The van der Waals surface area contributed by atoms with Crippen molar-refractivity contribution in [2.75, 3.05) is 39.3 Å². The first kappa shape index (κ1) is 18.5. The molecule has 0 atom stereocenters. The summed E-state index contributed by atoms with van der Waals surface area (Å²) in [5.74, 6) is -0.117. The van der Waals surface area contributed by atoms with Crippen LogP contribution in [0.2, 0.25) is 0 Å². The van der Waals surface area contributed by atoms with E-state index in [0.717, 1.165) is 30.7 Å². The Kier molecular flexibility index (Phi) is 5.59. The van der Waals surface area contributed by atoms with E-state index in [1.807, 2.05) is 46.0 Å². The maximum Gasteiger partial charge on any atom is 0.271 e. The van der Waals surface area contributed by atoms with Crippen LogP contribution in [0.4, 0.5) is 0 Å². The Morgan fingerprint density at radius 3 is 2.61 bits per heavy atom. The van der Waals surface area contributed by atoms with Gasteiger partial charge in [0.1, 0.15) is 5.69 Å². The van der Waals surface area contributed by atoms with Gasteiger partial charge in [-0.05, 0) is 23.6 Å². The molecule has 1 fully saturated rings. The Hall–Kier alpha value is -2.84. The molecule has 0 radical (unpaired) electrons. The van der Waals surface area contributed by atoms with Gasteiger partial charge < -0.3 is 10.2 Å². The van der Waals surface area contributed by atoms with Crippen LogP contribution >= 0.6 is 11.3 Å². The molecule has 28 heavy (non-hydrogen) atoms. The summed E-state index contributed by atoms with van der Waals surface area (Å²) in [6.07, 6.45) is 1.51. The molecule has 4 rings (SSSR count). The summed E-state index contributed by atoms with van der Waals surface area (Å²) in [5.41, 5.74) is 2.57. The molecule has 3 aromatic rings. The van der Waals surface area contributed by atoms with Gasteiger partial charge in [-0.3, -0.25) is 19.5 Å². The van der Waals surface area contributed by atoms with E-state index in [4.69, 9.17) is 0 Å². The summed E-state index contributed by atoms with van der Waals surface area (Å²) in [5, 5.41) is 6.72. The molecule has 1 N–H and O–H groups in total. The van der Waals surface area contributed by atoms with Crippen LogP contribution in [0.15, 0.2) is 47.3 Å². The average Bonchev–Trinajstić information content (AvgIpc) is 3.28. The van der Waals surface area contributed by atoms with Gasteiger partial charge in [0.15, 0.2) is 0 Å². The van der Waals surface area contributed by atoms with Crippen LogP contribution in [-0.2, 0) is 0 Å². The molecule has 0 aliphatic carbocycles. The molecule has 7 nitrogen and oxygen atoms in total. The van der Waals surface area contributed by atoms with Crippen molar-refractivity contribution in [2.45, 2.75) is 0 Å². The Balaban J connectivity index is 1.23. The van der Waals surface area contributed by atoms with Gasteiger partial charge in [-0.15, -0.1) is 0 Å². The van der Waals surface area contributed by atoms with E-state index in [9.17, 15) is 9.59 Å². The zero-order chi connectivity index (χ0) is 19.3. The second-order valence-corrected chi connectivity index (χ2v) is 7.43. The maximum atomic E-state index is 12.4. The Bertz CT molecular complexity index is 968. The zero-order valence-corrected chi connectivity index (χ0v) is 16.2. The number of carbonyl (C=O) groups excluding carboxylic acids is 2. The normalized spacial score (nSPS) is 14.9. The molecule has 0 saturated carbocycles. The van der Waals surface area contributed by atoms with Gasteiger partial charge in [0.2, 0.25) is 0 Å². The van der Waals surface area contributed by atoms with Crippen LogP contribution in [0, 0.1) is 0 Å². The summed E-state index contributed by atoms with van der Waals surface area (Å²) in [7, 11) is 0. The average molecular weight is 395 g/mol. The van der Waals surface area contributed by atoms with Gasteiger partial charge in [-0.2, -0.15) is 11.3 Å². The first-order valence-electron chi connectivity index (χ1n) is 9.24. The number of aromatic nitrogens is 2. The Morgan fingerprint density at radius 2 is 1.86 bits per heavy atom. The van der Waals surface area contributed by atoms with Crippen molar-refractivity contribution < 1.29 is 9.59 Å². The first-order valence-corrected chi connectivity index (χ1v) is 10.2. The quantitative estimate of drug-likeness (QED) is 0.714. The molecule has 1 aliphatic heterocycles. The topological polar surface area (TPSA) is 78.4 Å². The number of hydrogen-bond donors (Lipinski definition) is 1. The van der Waals surface area contributed by atoms with Crippen molar-refractivity contribution >= 4 is 34.2 Å². The molecule has 0 unspecified atom stereocenters. The number of amides is 2. The van der Waals surface area contributed by atoms with Gasteiger partial charge in [-0.1, -0.05) is 12.1 Å². The number of rotatable bonds is 5. The van der Waals surface area contributed by atoms with E-state index in [-0.39, 0.29) is 11.8 Å². The lowest BCUT2D eigenvalue weighted by Gasteiger charge is -2.34. The third-order valence-electron chi connectivity index (χ3n) is 4.82. The van der Waals surface area contributed by atoms with Gasteiger partial charge in [0, 0.05) is 44.6 Å². The molecular weight excluding hydrogens is 374 g/mol. The monoisotopic (exact) mass is 395 g/mol. The van der Waals surface area contributed by atoms with Gasteiger partial charge in [0.25, 0.3) is 11.8 Å². The molecule has 0 spiro atoms. The lowest BCUT2D eigenvalue weighted by atomic mass is 10.2. The number of nitrogens with zero attached hydrogens (tertiary/aromatic N) is 4. The minimum atomic E-state index is -0.218. The molecular formula is C20H21N5O2S. The van der Waals surface area contributed by atoms with E-state index >= 15 is 0 Å². The van der Waals surface area contributed by atoms with Crippen molar-refractivity contribution in [1.82, 2.24) is 25.1 Å². The number of benzene rings is 1. The highest BCUT2D eigenvalue weighted by atomic mass is 32.1. The SMILES string of the molecule is O=C(NCCN1CCN(C(=O)c2ccsc2)CC1)c1cnc2ccccc2n1. The van der Waals surface area contributed by atoms with Crippen LogP contribution in [0.5, 0.6) is 0 Å². The van der Waals surface area contributed by atoms with Crippen LogP contribution in [0.3, 0.4) is 0 Å². The fraction of sp³-hybridized carbons (Fsp3) is 0.300. The van der Waals surface area contributed by atoms with Crippen molar-refractivity contribution in [3.05, 3.63) is 58.5 Å². The number of carbonyl (C=O) groups is 2. The predicted octanol–water partition coefficient (Wildman–Crippen LogP) is 1.88. The van der Waals surface area contributed by atoms with Crippen molar-refractivity contribution in [3.63, 3.8) is 0 Å². The Morgan fingerprint density at radius 1 is 1.07 bits per heavy atom. The van der Waals surface area contributed by atoms with Crippen molar-refractivity contribution in [1.29, 1.82) is 0 Å². The van der Waals surface area contributed by atoms with Crippen molar-refractivity contribution in [2.24, 2.45) is 0 Å². The third kappa shape index (κ3) is 4.18. The first-order chi connectivity index (χ1) is 13.7. The smallest absolute Gasteiger partial charge is 0.271 e. The van der Waals surface area contributed by atoms with Gasteiger partial charge >= 0.3 is 0 Å². The number of fused-ring (bicyclic) bond motifs is 1. The number of piperazine rings is 1. The van der Waals surface area contributed by atoms with Gasteiger partial charge in [-0.25, -0.2) is 4.98 Å². The van der Waals surface area contributed by atoms with Crippen LogP contribution < -0.4 is 5.32 Å². The molecule has 3 heterocycles. The molecule has 2 amide bonds. The standard InChI is InChI=1S/C20H21N5O2S/c26-19(18-13-22-16-3-1-2-4-17(16)23-18)21-6-7-24-8-10-25(11-9-24)20(27)15-5-12-28-14-15/h1-5,12-14H,6-11H2,(H,21,26). The van der Waals surface area contributed by atoms with E-state index in [0.29, 0.717) is 30.8 Å². The Labute approximate surface area is 167 Å². The van der Waals surface area contributed by atoms with Gasteiger partial charge in [0.05, 0.1) is 22.8 Å². The minimum Gasteiger partial charge on any atom is -0.349 e. The minimum absolute atomic E-state index is 0.101. The number of thiophene rings is 1. The molecule has 8 heteroatoms. The summed E-state index contributed by atoms with van der Waals surface area (Å²) in [6.45, 7) is 4.31. The van der Waals surface area contributed by atoms with Crippen LogP contribution in [-0.4, -0.2) is 70.9 Å². The molecule has 144 valence electrons. The lowest BCUT2D eigenvalue weighted by Crippen LogP contribution is -2.50. The van der Waals surface area contributed by atoms with E-state index in [2.05, 4.69) is 20.2 Å². The lowest BCUT2D eigenvalue weighted by molar-refractivity contribution is 0.0638. The van der Waals surface area contributed by atoms with Crippen molar-refractivity contribution in [3.8, 4) is 0 Å². The number of para-hydroxylation sites is 2. The summed E-state index contributed by atoms with van der Waals surface area (Å²) in [6, 6.07) is 9.35. The molecule has 1 aromatic carbocycles. The van der Waals surface area contributed by atoms with Crippen LogP contribution in [0.1, 0.15) is 20.8 Å². The highest BCUT2D eigenvalue weighted by Crippen LogP contribution is 2.12. The highest BCUT2D eigenvalue weighted by Gasteiger charge is 2.22. The fourth-order valence-electron chi connectivity index (χ4n) is 3.23. The molecule has 1 saturated heterocycles. The van der Waals surface area contributed by atoms with E-state index in [1.165, 1.54) is 17.5 Å². The molecule has 1 aliphatic rings. The second kappa shape index (κ2) is 8.45. The summed E-state index contributed by atoms with van der Waals surface area (Å²) < 4.78 is 0. The molecule has 2 aromatic heterocycles. The maximum absolute atomic E-state index is 12.4. The zero-order valence-electron chi connectivity index (χ0n) is 15.4. The number of hydrogen-bond acceptors (Lipinski definition) is 6. The van der Waals surface area contributed by atoms with E-state index in [1.54, 1.807) is 0 Å².